The van der Waals surface area contributed by atoms with Crippen LogP contribution in [0.3, 0.4) is 0 Å². The standard InChI is InChI=1S/C17H17BrClN/c1-11(16-4-2-3-5-17(16)18)20-15-9-12-6-7-14(19)8-13(12)10-15/h2-8,11,15,20H,9-10H2,1H3/t11-,15?/m1/s1. The Hall–Kier alpha value is -0.830. The molecule has 0 fully saturated rings. The molecule has 0 saturated heterocycles. The van der Waals surface area contributed by atoms with E-state index in [1.54, 1.807) is 0 Å². The first-order chi connectivity index (χ1) is 9.63. The molecule has 0 aliphatic heterocycles. The Morgan fingerprint density at radius 1 is 1.15 bits per heavy atom. The Morgan fingerprint density at radius 3 is 2.70 bits per heavy atom. The van der Waals surface area contributed by atoms with Crippen molar-refractivity contribution in [3.05, 3.63) is 68.7 Å². The largest absolute Gasteiger partial charge is 0.307 e. The number of halogens is 2. The fourth-order valence-corrected chi connectivity index (χ4v) is 3.80. The van der Waals surface area contributed by atoms with Crippen LogP contribution >= 0.6 is 27.5 Å². The maximum Gasteiger partial charge on any atom is 0.0408 e. The van der Waals surface area contributed by atoms with E-state index in [-0.39, 0.29) is 0 Å². The Morgan fingerprint density at radius 2 is 1.90 bits per heavy atom. The Balaban J connectivity index is 1.70. The van der Waals surface area contributed by atoms with Crippen molar-refractivity contribution in [3.8, 4) is 0 Å². The number of fused-ring (bicyclic) bond motifs is 1. The normalized spacial score (nSPS) is 18.9. The molecule has 0 radical (unpaired) electrons. The summed E-state index contributed by atoms with van der Waals surface area (Å²) in [6.07, 6.45) is 2.14. The van der Waals surface area contributed by atoms with E-state index >= 15 is 0 Å². The first kappa shape index (κ1) is 14.1. The van der Waals surface area contributed by atoms with Gasteiger partial charge in [-0.15, -0.1) is 0 Å². The zero-order chi connectivity index (χ0) is 14.1. The van der Waals surface area contributed by atoms with Gasteiger partial charge in [0.05, 0.1) is 0 Å². The lowest BCUT2D eigenvalue weighted by Gasteiger charge is -2.20. The fraction of sp³-hybridized carbons (Fsp3) is 0.294. The highest BCUT2D eigenvalue weighted by Crippen LogP contribution is 2.28. The minimum absolute atomic E-state index is 0.334. The second kappa shape index (κ2) is 5.88. The van der Waals surface area contributed by atoms with Gasteiger partial charge in [-0.2, -0.15) is 0 Å². The van der Waals surface area contributed by atoms with E-state index < -0.39 is 0 Å². The molecule has 0 spiro atoms. The van der Waals surface area contributed by atoms with E-state index in [0.717, 1.165) is 17.9 Å². The monoisotopic (exact) mass is 349 g/mol. The second-order valence-corrected chi connectivity index (χ2v) is 6.72. The fourth-order valence-electron chi connectivity index (χ4n) is 2.97. The van der Waals surface area contributed by atoms with Crippen molar-refractivity contribution >= 4 is 27.5 Å². The molecular weight excluding hydrogens is 334 g/mol. The summed E-state index contributed by atoms with van der Waals surface area (Å²) >= 11 is 9.69. The van der Waals surface area contributed by atoms with E-state index in [0.29, 0.717) is 12.1 Å². The Kier molecular flexibility index (Phi) is 4.16. The van der Waals surface area contributed by atoms with Crippen LogP contribution in [0.5, 0.6) is 0 Å². The highest BCUT2D eigenvalue weighted by Gasteiger charge is 2.23. The molecule has 2 aromatic rings. The SMILES string of the molecule is C[C@@H](NC1Cc2ccc(Cl)cc2C1)c1ccccc1Br. The van der Waals surface area contributed by atoms with Gasteiger partial charge in [-0.3, -0.25) is 0 Å². The molecule has 1 N–H and O–H groups in total. The molecule has 1 unspecified atom stereocenters. The van der Waals surface area contributed by atoms with E-state index in [9.17, 15) is 0 Å². The van der Waals surface area contributed by atoms with Crippen molar-refractivity contribution in [3.63, 3.8) is 0 Å². The van der Waals surface area contributed by atoms with Gasteiger partial charge >= 0.3 is 0 Å². The summed E-state index contributed by atoms with van der Waals surface area (Å²) in [5.41, 5.74) is 4.11. The average molecular weight is 351 g/mol. The lowest BCUT2D eigenvalue weighted by atomic mass is 10.1. The van der Waals surface area contributed by atoms with Crippen LogP contribution in [-0.2, 0) is 12.8 Å². The third-order valence-corrected chi connectivity index (χ3v) is 4.92. The third-order valence-electron chi connectivity index (χ3n) is 3.96. The van der Waals surface area contributed by atoms with Crippen LogP contribution in [0.15, 0.2) is 46.9 Å². The topological polar surface area (TPSA) is 12.0 Å². The van der Waals surface area contributed by atoms with Crippen molar-refractivity contribution in [1.29, 1.82) is 0 Å². The van der Waals surface area contributed by atoms with Gasteiger partial charge in [0.25, 0.3) is 0 Å². The third kappa shape index (κ3) is 2.93. The summed E-state index contributed by atoms with van der Waals surface area (Å²) in [5, 5.41) is 4.57. The minimum Gasteiger partial charge on any atom is -0.307 e. The van der Waals surface area contributed by atoms with E-state index in [4.69, 9.17) is 11.6 Å². The molecule has 20 heavy (non-hydrogen) atoms. The lowest BCUT2D eigenvalue weighted by Crippen LogP contribution is -2.32. The molecule has 104 valence electrons. The van der Waals surface area contributed by atoms with Gasteiger partial charge in [0, 0.05) is 21.6 Å². The van der Waals surface area contributed by atoms with Crippen LogP contribution < -0.4 is 5.32 Å². The van der Waals surface area contributed by atoms with Gasteiger partial charge in [0.2, 0.25) is 0 Å². The smallest absolute Gasteiger partial charge is 0.0408 e. The van der Waals surface area contributed by atoms with Gasteiger partial charge in [0.1, 0.15) is 0 Å². The van der Waals surface area contributed by atoms with Crippen LogP contribution in [0.25, 0.3) is 0 Å². The van der Waals surface area contributed by atoms with Crippen molar-refractivity contribution in [1.82, 2.24) is 5.32 Å². The molecule has 1 aliphatic rings. The second-order valence-electron chi connectivity index (χ2n) is 5.43. The molecule has 1 nitrogen and oxygen atoms in total. The van der Waals surface area contributed by atoms with Crippen LogP contribution in [0.1, 0.15) is 29.7 Å². The molecule has 0 amide bonds. The van der Waals surface area contributed by atoms with Gasteiger partial charge in [0.15, 0.2) is 0 Å². The summed E-state index contributed by atoms with van der Waals surface area (Å²) in [6, 6.07) is 15.5. The van der Waals surface area contributed by atoms with E-state index in [2.05, 4.69) is 58.5 Å². The predicted octanol–water partition coefficient (Wildman–Crippen LogP) is 4.92. The van der Waals surface area contributed by atoms with E-state index in [1.165, 1.54) is 21.2 Å². The Labute approximate surface area is 133 Å². The predicted molar refractivity (Wildman–Crippen MR) is 88.3 cm³/mol. The van der Waals surface area contributed by atoms with Gasteiger partial charge < -0.3 is 5.32 Å². The van der Waals surface area contributed by atoms with Crippen molar-refractivity contribution < 1.29 is 0 Å². The Bertz CT molecular complexity index is 626. The quantitative estimate of drug-likeness (QED) is 0.828. The van der Waals surface area contributed by atoms with Crippen LogP contribution in [0, 0.1) is 0 Å². The molecule has 3 rings (SSSR count). The van der Waals surface area contributed by atoms with Crippen molar-refractivity contribution in [2.24, 2.45) is 0 Å². The number of benzene rings is 2. The lowest BCUT2D eigenvalue weighted by molar-refractivity contribution is 0.466. The molecule has 0 saturated carbocycles. The summed E-state index contributed by atoms with van der Waals surface area (Å²) < 4.78 is 1.17. The van der Waals surface area contributed by atoms with Crippen LogP contribution in [0.2, 0.25) is 5.02 Å². The highest BCUT2D eigenvalue weighted by molar-refractivity contribution is 9.10. The van der Waals surface area contributed by atoms with Crippen LogP contribution in [-0.4, -0.2) is 6.04 Å². The van der Waals surface area contributed by atoms with E-state index in [1.807, 2.05) is 12.1 Å². The van der Waals surface area contributed by atoms with Crippen LogP contribution in [0.4, 0.5) is 0 Å². The maximum atomic E-state index is 6.07. The molecule has 0 bridgehead atoms. The molecule has 2 aromatic carbocycles. The number of nitrogens with one attached hydrogen (secondary N) is 1. The van der Waals surface area contributed by atoms with Crippen molar-refractivity contribution in [2.75, 3.05) is 0 Å². The summed E-state index contributed by atoms with van der Waals surface area (Å²) in [7, 11) is 0. The average Bonchev–Trinajstić information content (AvgIpc) is 2.80. The number of hydrogen-bond acceptors (Lipinski definition) is 1. The first-order valence-electron chi connectivity index (χ1n) is 6.91. The van der Waals surface area contributed by atoms with Crippen molar-refractivity contribution in [2.45, 2.75) is 31.8 Å². The molecular formula is C17H17BrClN. The molecule has 0 heterocycles. The number of hydrogen-bond donors (Lipinski definition) is 1. The van der Waals surface area contributed by atoms with Gasteiger partial charge in [-0.1, -0.05) is 51.8 Å². The summed E-state index contributed by atoms with van der Waals surface area (Å²) in [4.78, 5) is 0. The van der Waals surface area contributed by atoms with Gasteiger partial charge in [-0.05, 0) is 54.7 Å². The molecule has 1 aliphatic carbocycles. The van der Waals surface area contributed by atoms with Gasteiger partial charge in [-0.25, -0.2) is 0 Å². The maximum absolute atomic E-state index is 6.07. The zero-order valence-corrected chi connectivity index (χ0v) is 13.7. The summed E-state index contributed by atoms with van der Waals surface area (Å²) in [5.74, 6) is 0. The first-order valence-corrected chi connectivity index (χ1v) is 8.08. The molecule has 0 aromatic heterocycles. The minimum atomic E-state index is 0.334. The zero-order valence-electron chi connectivity index (χ0n) is 11.4. The highest BCUT2D eigenvalue weighted by atomic mass is 79.9. The molecule has 3 heteroatoms. The number of rotatable bonds is 3. The summed E-state index contributed by atoms with van der Waals surface area (Å²) in [6.45, 7) is 2.22. The molecule has 2 atom stereocenters.